The summed E-state index contributed by atoms with van der Waals surface area (Å²) in [5.41, 5.74) is 3.71. The van der Waals surface area contributed by atoms with Crippen molar-refractivity contribution in [1.29, 1.82) is 0 Å². The molecule has 2 aromatic carbocycles. The number of amides is 1. The molecule has 0 saturated heterocycles. The lowest BCUT2D eigenvalue weighted by Gasteiger charge is -2.31. The fourth-order valence-electron chi connectivity index (χ4n) is 4.87. The van der Waals surface area contributed by atoms with E-state index in [1.165, 1.54) is 5.56 Å². The van der Waals surface area contributed by atoms with Crippen LogP contribution in [-0.2, 0) is 4.74 Å². The minimum absolute atomic E-state index is 0.159. The molecule has 1 saturated carbocycles. The minimum Gasteiger partial charge on any atom is -0.456 e. The number of ether oxygens (including phenoxy) is 1. The zero-order chi connectivity index (χ0) is 24.6. The van der Waals surface area contributed by atoms with Gasteiger partial charge in [-0.05, 0) is 88.6 Å². The second-order valence-electron chi connectivity index (χ2n) is 10.6. The summed E-state index contributed by atoms with van der Waals surface area (Å²) in [5.74, 6) is 0.827. The van der Waals surface area contributed by atoms with Gasteiger partial charge in [0.15, 0.2) is 0 Å². The van der Waals surface area contributed by atoms with Crippen LogP contribution in [0.4, 0.5) is 10.5 Å². The van der Waals surface area contributed by atoms with Gasteiger partial charge in [0.2, 0.25) is 0 Å². The van der Waals surface area contributed by atoms with E-state index in [0.717, 1.165) is 64.4 Å². The Kier molecular flexibility index (Phi) is 6.13. The predicted molar refractivity (Wildman–Crippen MR) is 141 cm³/mol. The molecule has 0 spiro atoms. The van der Waals surface area contributed by atoms with Crippen LogP contribution in [0.3, 0.4) is 0 Å². The lowest BCUT2D eigenvalue weighted by atomic mass is 9.90. The molecule has 6 nitrogen and oxygen atoms in total. The molecule has 2 N–H and O–H groups in total. The first kappa shape index (κ1) is 23.2. The number of benzene rings is 2. The number of pyridine rings is 1. The number of alkyl carbamates (subject to hydrolysis) is 1. The number of rotatable bonds is 4. The maximum atomic E-state index is 12.1. The van der Waals surface area contributed by atoms with E-state index in [1.807, 2.05) is 51.4 Å². The van der Waals surface area contributed by atoms with Crippen molar-refractivity contribution in [2.45, 2.75) is 71.1 Å². The van der Waals surface area contributed by atoms with E-state index in [4.69, 9.17) is 9.15 Å². The van der Waals surface area contributed by atoms with Crippen LogP contribution in [0.2, 0.25) is 0 Å². The van der Waals surface area contributed by atoms with Gasteiger partial charge < -0.3 is 19.8 Å². The van der Waals surface area contributed by atoms with Gasteiger partial charge in [0.05, 0.1) is 0 Å². The Morgan fingerprint density at radius 3 is 2.49 bits per heavy atom. The molecule has 1 amide bonds. The van der Waals surface area contributed by atoms with Crippen molar-refractivity contribution in [3.8, 4) is 11.3 Å². The molecule has 1 fully saturated rings. The molecule has 0 bridgehead atoms. The van der Waals surface area contributed by atoms with Crippen molar-refractivity contribution in [3.63, 3.8) is 0 Å². The molecule has 6 heteroatoms. The van der Waals surface area contributed by atoms with Gasteiger partial charge >= 0.3 is 6.09 Å². The molecule has 182 valence electrons. The van der Waals surface area contributed by atoms with E-state index in [2.05, 4.69) is 46.8 Å². The number of fused-ring (bicyclic) bond motifs is 2. The van der Waals surface area contributed by atoms with E-state index in [1.54, 1.807) is 0 Å². The van der Waals surface area contributed by atoms with Gasteiger partial charge in [0.25, 0.3) is 0 Å². The lowest BCUT2D eigenvalue weighted by Crippen LogP contribution is -2.42. The first-order valence-corrected chi connectivity index (χ1v) is 12.4. The lowest BCUT2D eigenvalue weighted by molar-refractivity contribution is 0.0492. The van der Waals surface area contributed by atoms with Crippen molar-refractivity contribution in [2.75, 3.05) is 5.32 Å². The smallest absolute Gasteiger partial charge is 0.407 e. The van der Waals surface area contributed by atoms with Crippen molar-refractivity contribution >= 4 is 33.5 Å². The third-order valence-electron chi connectivity index (χ3n) is 6.60. The second kappa shape index (κ2) is 9.25. The highest BCUT2D eigenvalue weighted by molar-refractivity contribution is 5.99. The molecular weight excluding hydrogens is 438 g/mol. The summed E-state index contributed by atoms with van der Waals surface area (Å²) in [4.78, 5) is 16.6. The maximum absolute atomic E-state index is 12.1. The summed E-state index contributed by atoms with van der Waals surface area (Å²) in [5, 5.41) is 10.1. The molecule has 4 aromatic rings. The number of aryl methyl sites for hydroxylation is 1. The van der Waals surface area contributed by atoms with Crippen LogP contribution in [0.25, 0.3) is 33.1 Å². The maximum Gasteiger partial charge on any atom is 0.407 e. The van der Waals surface area contributed by atoms with Crippen molar-refractivity contribution in [1.82, 2.24) is 10.3 Å². The van der Waals surface area contributed by atoms with Crippen LogP contribution in [0.1, 0.15) is 52.0 Å². The number of nitrogens with zero attached hydrogens (tertiary/aromatic N) is 1. The molecule has 0 unspecified atom stereocenters. The number of furan rings is 1. The van der Waals surface area contributed by atoms with E-state index >= 15 is 0 Å². The molecule has 0 radical (unpaired) electrons. The predicted octanol–water partition coefficient (Wildman–Crippen LogP) is 7.20. The summed E-state index contributed by atoms with van der Waals surface area (Å²) in [6.07, 6.45) is 7.30. The zero-order valence-electron chi connectivity index (χ0n) is 20.9. The fourth-order valence-corrected chi connectivity index (χ4v) is 4.87. The van der Waals surface area contributed by atoms with Crippen LogP contribution in [-0.4, -0.2) is 28.8 Å². The Hall–Kier alpha value is -3.54. The van der Waals surface area contributed by atoms with Crippen LogP contribution in [0, 0.1) is 6.92 Å². The first-order valence-electron chi connectivity index (χ1n) is 12.4. The highest BCUT2D eigenvalue weighted by Crippen LogP contribution is 2.35. The van der Waals surface area contributed by atoms with E-state index in [9.17, 15) is 4.79 Å². The third kappa shape index (κ3) is 5.26. The third-order valence-corrected chi connectivity index (χ3v) is 6.60. The van der Waals surface area contributed by atoms with E-state index < -0.39 is 5.60 Å². The van der Waals surface area contributed by atoms with Gasteiger partial charge in [-0.25, -0.2) is 4.79 Å². The topological polar surface area (TPSA) is 76.4 Å². The SMILES string of the molecule is Cc1cc2cncc(-c3cc4ccccc4o3)c2cc1N[C@H]1CC[C@H](NC(=O)OC(C)(C)C)CC1. The molecule has 35 heavy (non-hydrogen) atoms. The normalized spacial score (nSPS) is 18.5. The number of hydrogen-bond acceptors (Lipinski definition) is 5. The average Bonchev–Trinajstić information content (AvgIpc) is 3.23. The molecule has 2 heterocycles. The van der Waals surface area contributed by atoms with Crippen LogP contribution in [0.15, 0.2) is 59.3 Å². The number of para-hydroxylation sites is 1. The largest absolute Gasteiger partial charge is 0.456 e. The van der Waals surface area contributed by atoms with Crippen molar-refractivity contribution < 1.29 is 13.9 Å². The quantitative estimate of drug-likeness (QED) is 0.329. The summed E-state index contributed by atoms with van der Waals surface area (Å²) in [6, 6.07) is 15.1. The summed E-state index contributed by atoms with van der Waals surface area (Å²) in [6.45, 7) is 7.78. The molecule has 5 rings (SSSR count). The monoisotopic (exact) mass is 471 g/mol. The first-order chi connectivity index (χ1) is 16.7. The summed E-state index contributed by atoms with van der Waals surface area (Å²) >= 11 is 0. The Morgan fingerprint density at radius 2 is 1.74 bits per heavy atom. The second-order valence-corrected chi connectivity index (χ2v) is 10.6. The molecule has 0 atom stereocenters. The molecular formula is C29H33N3O3. The Labute approximate surface area is 206 Å². The number of anilines is 1. The fraction of sp³-hybridized carbons (Fsp3) is 0.379. The molecule has 1 aliphatic rings. The summed E-state index contributed by atoms with van der Waals surface area (Å²) in [7, 11) is 0. The number of nitrogens with one attached hydrogen (secondary N) is 2. The highest BCUT2D eigenvalue weighted by atomic mass is 16.6. The van der Waals surface area contributed by atoms with Crippen molar-refractivity contribution in [2.24, 2.45) is 0 Å². The number of carbonyl (C=O) groups is 1. The van der Waals surface area contributed by atoms with E-state index in [0.29, 0.717) is 6.04 Å². The Morgan fingerprint density at radius 1 is 1.00 bits per heavy atom. The van der Waals surface area contributed by atoms with Gasteiger partial charge in [-0.1, -0.05) is 18.2 Å². The highest BCUT2D eigenvalue weighted by Gasteiger charge is 2.25. The van der Waals surface area contributed by atoms with Gasteiger partial charge in [0, 0.05) is 46.5 Å². The summed E-state index contributed by atoms with van der Waals surface area (Å²) < 4.78 is 11.6. The number of carbonyl (C=O) groups excluding carboxylic acids is 1. The molecule has 0 aliphatic heterocycles. The van der Waals surface area contributed by atoms with Crippen molar-refractivity contribution in [3.05, 3.63) is 60.4 Å². The van der Waals surface area contributed by atoms with Gasteiger partial charge in [-0.15, -0.1) is 0 Å². The molecule has 1 aliphatic carbocycles. The number of hydrogen-bond donors (Lipinski definition) is 2. The van der Waals surface area contributed by atoms with Gasteiger partial charge in [-0.2, -0.15) is 0 Å². The minimum atomic E-state index is -0.479. The van der Waals surface area contributed by atoms with Gasteiger partial charge in [-0.3, -0.25) is 4.98 Å². The molecule has 2 aromatic heterocycles. The van der Waals surface area contributed by atoms with Crippen LogP contribution in [0.5, 0.6) is 0 Å². The zero-order valence-corrected chi connectivity index (χ0v) is 20.9. The van der Waals surface area contributed by atoms with Gasteiger partial charge in [0.1, 0.15) is 16.9 Å². The number of aromatic nitrogens is 1. The van der Waals surface area contributed by atoms with E-state index in [-0.39, 0.29) is 12.1 Å². The van der Waals surface area contributed by atoms with Crippen LogP contribution < -0.4 is 10.6 Å². The standard InChI is InChI=1S/C29H33N3O3/c1-18-13-20-16-30-17-24(27-14-19-7-5-6-8-26(19)34-27)23(20)15-25(18)31-21-9-11-22(12-10-21)32-28(33)35-29(2,3)4/h5-8,13-17,21-22,31H,9-12H2,1-4H3,(H,32,33)/t21-,22-. The Balaban J connectivity index is 1.32. The van der Waals surface area contributed by atoms with Crippen LogP contribution >= 0.6 is 0 Å². The average molecular weight is 472 g/mol. The Bertz CT molecular complexity index is 1330.